The molecule has 2 aromatic rings. The normalized spacial score (nSPS) is 15.9. The molecule has 0 amide bonds. The van der Waals surface area contributed by atoms with E-state index in [1.54, 1.807) is 0 Å². The summed E-state index contributed by atoms with van der Waals surface area (Å²) in [6.07, 6.45) is 6.33. The van der Waals surface area contributed by atoms with Gasteiger partial charge < -0.3 is 10.6 Å². The first kappa shape index (κ1) is 26.5. The fourth-order valence-electron chi connectivity index (χ4n) is 4.23. The van der Waals surface area contributed by atoms with Gasteiger partial charge >= 0.3 is 0 Å². The average molecular weight is 437 g/mol. The highest BCUT2D eigenvalue weighted by molar-refractivity contribution is 5.54. The summed E-state index contributed by atoms with van der Waals surface area (Å²) < 4.78 is 0. The van der Waals surface area contributed by atoms with Crippen LogP contribution in [0.15, 0.2) is 36.4 Å². The molecular formula is C30H48N2. The third kappa shape index (κ3) is 7.66. The van der Waals surface area contributed by atoms with E-state index in [9.17, 15) is 0 Å². The highest BCUT2D eigenvalue weighted by Crippen LogP contribution is 2.29. The first-order valence-corrected chi connectivity index (χ1v) is 12.8. The molecule has 32 heavy (non-hydrogen) atoms. The average Bonchev–Trinajstić information content (AvgIpc) is 3.13. The number of rotatable bonds is 0. The van der Waals surface area contributed by atoms with Crippen LogP contribution < -0.4 is 10.6 Å². The van der Waals surface area contributed by atoms with E-state index in [4.69, 9.17) is 0 Å². The van der Waals surface area contributed by atoms with Gasteiger partial charge in [0.2, 0.25) is 0 Å². The number of hydrogen-bond acceptors (Lipinski definition) is 2. The van der Waals surface area contributed by atoms with E-state index < -0.39 is 0 Å². The standard InChI is InChI=1S/2C14H21N.C2H6/c1-14(2,3)13-7-6-11-5-4-8-15-10-12(11)9-13;1-14(2,3)12-7-8-13-11(10-12)6-4-5-9-15-13;1-2/h6-7,9,15H,4-5,8,10H2,1-3H3;7-8,10,15H,4-6,9H2,1-3H3;1-2H3. The van der Waals surface area contributed by atoms with Gasteiger partial charge in [-0.05, 0) is 83.4 Å². The molecule has 0 atom stereocenters. The molecule has 2 heterocycles. The van der Waals surface area contributed by atoms with E-state index in [2.05, 4.69) is 88.6 Å². The molecule has 2 N–H and O–H groups in total. The van der Waals surface area contributed by atoms with Gasteiger partial charge in [-0.2, -0.15) is 0 Å². The highest BCUT2D eigenvalue weighted by Gasteiger charge is 2.17. The molecule has 4 rings (SSSR count). The van der Waals surface area contributed by atoms with E-state index >= 15 is 0 Å². The van der Waals surface area contributed by atoms with Crippen molar-refractivity contribution in [2.75, 3.05) is 18.4 Å². The molecule has 0 saturated carbocycles. The maximum Gasteiger partial charge on any atom is 0.0372 e. The molecule has 0 fully saturated rings. The molecule has 0 saturated heterocycles. The Morgan fingerprint density at radius 2 is 1.22 bits per heavy atom. The molecule has 0 bridgehead atoms. The molecule has 0 radical (unpaired) electrons. The van der Waals surface area contributed by atoms with Crippen LogP contribution >= 0.6 is 0 Å². The van der Waals surface area contributed by atoms with Crippen LogP contribution in [-0.4, -0.2) is 13.1 Å². The van der Waals surface area contributed by atoms with Crippen molar-refractivity contribution in [1.82, 2.24) is 5.32 Å². The van der Waals surface area contributed by atoms with Crippen LogP contribution in [0.1, 0.15) is 102 Å². The number of anilines is 1. The van der Waals surface area contributed by atoms with Crippen LogP contribution in [-0.2, 0) is 30.2 Å². The molecule has 0 unspecified atom stereocenters. The van der Waals surface area contributed by atoms with Crippen LogP contribution in [0.25, 0.3) is 0 Å². The van der Waals surface area contributed by atoms with Gasteiger partial charge in [0.15, 0.2) is 0 Å². The molecule has 0 aliphatic carbocycles. The van der Waals surface area contributed by atoms with E-state index in [-0.39, 0.29) is 10.8 Å². The fourth-order valence-corrected chi connectivity index (χ4v) is 4.23. The van der Waals surface area contributed by atoms with E-state index in [0.717, 1.165) is 19.6 Å². The Morgan fingerprint density at radius 3 is 1.88 bits per heavy atom. The molecule has 2 heteroatoms. The monoisotopic (exact) mass is 436 g/mol. The van der Waals surface area contributed by atoms with E-state index in [0.29, 0.717) is 0 Å². The molecule has 0 spiro atoms. The molecule has 2 aliphatic rings. The van der Waals surface area contributed by atoms with Gasteiger partial charge in [0.1, 0.15) is 0 Å². The van der Waals surface area contributed by atoms with Gasteiger partial charge in [-0.3, -0.25) is 0 Å². The minimum Gasteiger partial charge on any atom is -0.385 e. The lowest BCUT2D eigenvalue weighted by Crippen LogP contribution is -2.14. The number of nitrogens with one attached hydrogen (secondary N) is 2. The van der Waals surface area contributed by atoms with Crippen LogP contribution in [0.3, 0.4) is 0 Å². The van der Waals surface area contributed by atoms with Gasteiger partial charge in [-0.25, -0.2) is 0 Å². The molecule has 178 valence electrons. The SMILES string of the molecule is CC.CC(C)(C)c1ccc2c(c1)CCCCN2.CC(C)(C)c1ccc2c(c1)CNCCC2. The van der Waals surface area contributed by atoms with E-state index in [1.165, 1.54) is 65.6 Å². The third-order valence-electron chi connectivity index (χ3n) is 6.35. The van der Waals surface area contributed by atoms with Gasteiger partial charge in [0.05, 0.1) is 0 Å². The Kier molecular flexibility index (Phi) is 9.83. The summed E-state index contributed by atoms with van der Waals surface area (Å²) in [5, 5.41) is 6.99. The quantitative estimate of drug-likeness (QED) is 0.440. The first-order chi connectivity index (χ1) is 15.1. The third-order valence-corrected chi connectivity index (χ3v) is 6.35. The number of aryl methyl sites for hydroxylation is 2. The van der Waals surface area contributed by atoms with Crippen molar-refractivity contribution in [3.8, 4) is 0 Å². The zero-order valence-corrected chi connectivity index (χ0v) is 22.1. The van der Waals surface area contributed by atoms with E-state index in [1.807, 2.05) is 13.8 Å². The Morgan fingerprint density at radius 1 is 0.625 bits per heavy atom. The number of hydrogen-bond donors (Lipinski definition) is 2. The predicted molar refractivity (Wildman–Crippen MR) is 143 cm³/mol. The highest BCUT2D eigenvalue weighted by atomic mass is 14.9. The molecular weight excluding hydrogens is 388 g/mol. The second kappa shape index (κ2) is 11.9. The molecule has 2 aromatic carbocycles. The second-order valence-electron chi connectivity index (χ2n) is 11.0. The summed E-state index contributed by atoms with van der Waals surface area (Å²) in [6, 6.07) is 13.9. The summed E-state index contributed by atoms with van der Waals surface area (Å²) in [7, 11) is 0. The van der Waals surface area contributed by atoms with Gasteiger partial charge in [-0.1, -0.05) is 85.7 Å². The van der Waals surface area contributed by atoms with Crippen molar-refractivity contribution in [3.05, 3.63) is 64.2 Å². The summed E-state index contributed by atoms with van der Waals surface area (Å²) in [5.74, 6) is 0. The minimum atomic E-state index is 0.265. The maximum absolute atomic E-state index is 3.50. The van der Waals surface area contributed by atoms with Crippen LogP contribution in [0.4, 0.5) is 5.69 Å². The van der Waals surface area contributed by atoms with Crippen LogP contribution in [0, 0.1) is 0 Å². The van der Waals surface area contributed by atoms with Gasteiger partial charge in [0.25, 0.3) is 0 Å². The Bertz CT molecular complexity index is 765. The van der Waals surface area contributed by atoms with Crippen molar-refractivity contribution in [2.45, 2.75) is 105 Å². The van der Waals surface area contributed by atoms with Crippen molar-refractivity contribution in [3.63, 3.8) is 0 Å². The fraction of sp³-hybridized carbons (Fsp3) is 0.600. The van der Waals surface area contributed by atoms with Crippen molar-refractivity contribution in [1.29, 1.82) is 0 Å². The second-order valence-corrected chi connectivity index (χ2v) is 11.0. The lowest BCUT2D eigenvalue weighted by molar-refractivity contribution is 0.588. The molecule has 2 aliphatic heterocycles. The largest absolute Gasteiger partial charge is 0.385 e. The molecule has 2 nitrogen and oxygen atoms in total. The summed E-state index contributed by atoms with van der Waals surface area (Å²) in [6.45, 7) is 21.0. The summed E-state index contributed by atoms with van der Waals surface area (Å²) in [4.78, 5) is 0. The van der Waals surface area contributed by atoms with Crippen LogP contribution in [0.2, 0.25) is 0 Å². The summed E-state index contributed by atoms with van der Waals surface area (Å²) in [5.41, 5.74) is 9.31. The first-order valence-electron chi connectivity index (χ1n) is 12.8. The van der Waals surface area contributed by atoms with Crippen molar-refractivity contribution < 1.29 is 0 Å². The maximum atomic E-state index is 3.50. The topological polar surface area (TPSA) is 24.1 Å². The zero-order valence-electron chi connectivity index (χ0n) is 22.1. The van der Waals surface area contributed by atoms with Gasteiger partial charge in [0, 0.05) is 18.8 Å². The molecule has 0 aromatic heterocycles. The Hall–Kier alpha value is -1.80. The smallest absolute Gasteiger partial charge is 0.0372 e. The van der Waals surface area contributed by atoms with Gasteiger partial charge in [-0.15, -0.1) is 0 Å². The van der Waals surface area contributed by atoms with Crippen LogP contribution in [0.5, 0.6) is 0 Å². The van der Waals surface area contributed by atoms with Crippen molar-refractivity contribution in [2.24, 2.45) is 0 Å². The Labute approximate surface area is 198 Å². The zero-order chi connectivity index (χ0) is 23.8. The lowest BCUT2D eigenvalue weighted by Gasteiger charge is -2.21. The predicted octanol–water partition coefficient (Wildman–Crippen LogP) is 7.78. The number of benzene rings is 2. The summed E-state index contributed by atoms with van der Waals surface area (Å²) >= 11 is 0. The minimum absolute atomic E-state index is 0.265. The van der Waals surface area contributed by atoms with Crippen molar-refractivity contribution >= 4 is 5.69 Å². The Balaban J connectivity index is 0.000000211. The lowest BCUT2D eigenvalue weighted by atomic mass is 9.85. The number of fused-ring (bicyclic) bond motifs is 2.